The van der Waals surface area contributed by atoms with E-state index in [1.54, 1.807) is 0 Å². The van der Waals surface area contributed by atoms with Gasteiger partial charge in [0.2, 0.25) is 15.9 Å². The Morgan fingerprint density at radius 3 is 2.44 bits per heavy atom. The van der Waals surface area contributed by atoms with E-state index in [1.807, 2.05) is 6.92 Å². The van der Waals surface area contributed by atoms with Gasteiger partial charge < -0.3 is 11.1 Å². The van der Waals surface area contributed by atoms with Crippen LogP contribution in [0.5, 0.6) is 0 Å². The van der Waals surface area contributed by atoms with Gasteiger partial charge >= 0.3 is 0 Å². The highest BCUT2D eigenvalue weighted by Gasteiger charge is 2.26. The lowest BCUT2D eigenvalue weighted by atomic mass is 10.0. The van der Waals surface area contributed by atoms with E-state index in [1.165, 1.54) is 10.6 Å². The minimum absolute atomic E-state index is 0.0123. The number of nitrogens with zero attached hydrogens (tertiary/aromatic N) is 1. The van der Waals surface area contributed by atoms with Gasteiger partial charge in [-0.15, -0.1) is 0 Å². The largest absolute Gasteiger partial charge is 0.353 e. The SMILES string of the molecule is CC(CCN)C(=O)NC1CCN(S(C)(=O)=O)CC1. The number of hydrogen-bond acceptors (Lipinski definition) is 4. The molecular formula is C11H23N3O3S. The van der Waals surface area contributed by atoms with Gasteiger partial charge in [0, 0.05) is 25.0 Å². The number of rotatable bonds is 5. The van der Waals surface area contributed by atoms with Crippen LogP contribution in [0.15, 0.2) is 0 Å². The second kappa shape index (κ2) is 6.49. The smallest absolute Gasteiger partial charge is 0.223 e. The Kier molecular flexibility index (Phi) is 5.55. The third-order valence-electron chi connectivity index (χ3n) is 3.32. The maximum absolute atomic E-state index is 11.8. The molecule has 1 rings (SSSR count). The highest BCUT2D eigenvalue weighted by molar-refractivity contribution is 7.88. The molecule has 106 valence electrons. The molecular weight excluding hydrogens is 254 g/mol. The van der Waals surface area contributed by atoms with Crippen molar-refractivity contribution in [3.8, 4) is 0 Å². The summed E-state index contributed by atoms with van der Waals surface area (Å²) in [4.78, 5) is 11.8. The van der Waals surface area contributed by atoms with Crippen LogP contribution >= 0.6 is 0 Å². The predicted molar refractivity (Wildman–Crippen MR) is 70.4 cm³/mol. The van der Waals surface area contributed by atoms with Crippen LogP contribution in [-0.2, 0) is 14.8 Å². The van der Waals surface area contributed by atoms with Crippen molar-refractivity contribution >= 4 is 15.9 Å². The molecule has 0 radical (unpaired) electrons. The van der Waals surface area contributed by atoms with Gasteiger partial charge in [0.05, 0.1) is 6.26 Å². The first kappa shape index (κ1) is 15.4. The minimum atomic E-state index is -3.10. The molecule has 1 heterocycles. The topological polar surface area (TPSA) is 92.5 Å². The van der Waals surface area contributed by atoms with Crippen LogP contribution < -0.4 is 11.1 Å². The van der Waals surface area contributed by atoms with Gasteiger partial charge in [0.25, 0.3) is 0 Å². The third-order valence-corrected chi connectivity index (χ3v) is 4.62. The number of hydrogen-bond donors (Lipinski definition) is 2. The summed E-state index contributed by atoms with van der Waals surface area (Å²) in [5, 5.41) is 2.96. The summed E-state index contributed by atoms with van der Waals surface area (Å²) in [5.74, 6) is -0.0683. The zero-order valence-electron chi connectivity index (χ0n) is 11.1. The van der Waals surface area contributed by atoms with Crippen molar-refractivity contribution in [2.24, 2.45) is 11.7 Å². The molecule has 1 amide bonds. The number of carbonyl (C=O) groups excluding carboxylic acids is 1. The fourth-order valence-corrected chi connectivity index (χ4v) is 2.93. The number of nitrogens with two attached hydrogens (primary N) is 1. The van der Waals surface area contributed by atoms with Crippen LogP contribution in [0.25, 0.3) is 0 Å². The molecule has 1 atom stereocenters. The highest BCUT2D eigenvalue weighted by atomic mass is 32.2. The molecule has 0 spiro atoms. The third kappa shape index (κ3) is 4.55. The Hall–Kier alpha value is -0.660. The molecule has 1 unspecified atom stereocenters. The fraction of sp³-hybridized carbons (Fsp3) is 0.909. The summed E-state index contributed by atoms with van der Waals surface area (Å²) >= 11 is 0. The van der Waals surface area contributed by atoms with E-state index >= 15 is 0 Å². The minimum Gasteiger partial charge on any atom is -0.353 e. The molecule has 0 saturated carbocycles. The highest BCUT2D eigenvalue weighted by Crippen LogP contribution is 2.14. The van der Waals surface area contributed by atoms with Crippen LogP contribution in [0.3, 0.4) is 0 Å². The van der Waals surface area contributed by atoms with Gasteiger partial charge in [-0.25, -0.2) is 12.7 Å². The zero-order valence-corrected chi connectivity index (χ0v) is 11.9. The summed E-state index contributed by atoms with van der Waals surface area (Å²) < 4.78 is 24.1. The van der Waals surface area contributed by atoms with Crippen LogP contribution in [0.4, 0.5) is 0 Å². The standard InChI is InChI=1S/C11H23N3O3S/c1-9(3-6-12)11(15)13-10-4-7-14(8-5-10)18(2,16)17/h9-10H,3-8,12H2,1-2H3,(H,13,15). The number of nitrogens with one attached hydrogen (secondary N) is 1. The molecule has 1 aliphatic rings. The maximum atomic E-state index is 11.8. The van der Waals surface area contributed by atoms with Gasteiger partial charge in [0.1, 0.15) is 0 Å². The lowest BCUT2D eigenvalue weighted by Gasteiger charge is -2.31. The molecule has 1 fully saturated rings. The van der Waals surface area contributed by atoms with E-state index in [2.05, 4.69) is 5.32 Å². The number of amides is 1. The summed E-state index contributed by atoms with van der Waals surface area (Å²) in [6.45, 7) is 3.32. The number of carbonyl (C=O) groups is 1. The van der Waals surface area contributed by atoms with Crippen molar-refractivity contribution in [2.75, 3.05) is 25.9 Å². The molecule has 0 bridgehead atoms. The molecule has 1 saturated heterocycles. The van der Waals surface area contributed by atoms with Gasteiger partial charge in [-0.2, -0.15) is 0 Å². The number of piperidine rings is 1. The average molecular weight is 277 g/mol. The van der Waals surface area contributed by atoms with Crippen molar-refractivity contribution in [3.05, 3.63) is 0 Å². The van der Waals surface area contributed by atoms with E-state index in [4.69, 9.17) is 5.73 Å². The van der Waals surface area contributed by atoms with Crippen molar-refractivity contribution in [3.63, 3.8) is 0 Å². The van der Waals surface area contributed by atoms with Gasteiger partial charge in [0.15, 0.2) is 0 Å². The normalized spacial score (nSPS) is 20.6. The first-order chi connectivity index (χ1) is 8.34. The molecule has 18 heavy (non-hydrogen) atoms. The van der Waals surface area contributed by atoms with Crippen molar-refractivity contribution in [2.45, 2.75) is 32.2 Å². The molecule has 6 nitrogen and oxygen atoms in total. The molecule has 0 aromatic heterocycles. The monoisotopic (exact) mass is 277 g/mol. The average Bonchev–Trinajstić information content (AvgIpc) is 2.28. The predicted octanol–water partition coefficient (Wildman–Crippen LogP) is -0.488. The Balaban J connectivity index is 2.38. The first-order valence-electron chi connectivity index (χ1n) is 6.30. The summed E-state index contributed by atoms with van der Waals surface area (Å²) in [6.07, 6.45) is 3.24. The molecule has 0 aromatic carbocycles. The molecule has 1 aliphatic heterocycles. The van der Waals surface area contributed by atoms with E-state index < -0.39 is 10.0 Å². The summed E-state index contributed by atoms with van der Waals surface area (Å²) in [7, 11) is -3.10. The van der Waals surface area contributed by atoms with Gasteiger partial charge in [-0.3, -0.25) is 4.79 Å². The molecule has 7 heteroatoms. The molecule has 0 aromatic rings. The zero-order chi connectivity index (χ0) is 13.8. The Bertz CT molecular complexity index is 375. The van der Waals surface area contributed by atoms with E-state index in [0.29, 0.717) is 38.9 Å². The van der Waals surface area contributed by atoms with Gasteiger partial charge in [-0.1, -0.05) is 6.92 Å². The van der Waals surface area contributed by atoms with Gasteiger partial charge in [-0.05, 0) is 25.8 Å². The summed E-state index contributed by atoms with van der Waals surface area (Å²) in [5.41, 5.74) is 5.41. The molecule has 0 aliphatic carbocycles. The lowest BCUT2D eigenvalue weighted by Crippen LogP contribution is -2.47. The van der Waals surface area contributed by atoms with Crippen molar-refractivity contribution in [1.82, 2.24) is 9.62 Å². The number of sulfonamides is 1. The van der Waals surface area contributed by atoms with E-state index in [0.717, 1.165) is 0 Å². The fourth-order valence-electron chi connectivity index (χ4n) is 2.06. The van der Waals surface area contributed by atoms with Crippen LogP contribution in [-0.4, -0.2) is 50.6 Å². The van der Waals surface area contributed by atoms with Crippen LogP contribution in [0, 0.1) is 5.92 Å². The van der Waals surface area contributed by atoms with E-state index in [9.17, 15) is 13.2 Å². The van der Waals surface area contributed by atoms with Crippen LogP contribution in [0.2, 0.25) is 0 Å². The van der Waals surface area contributed by atoms with Crippen molar-refractivity contribution < 1.29 is 13.2 Å². The second-order valence-corrected chi connectivity index (χ2v) is 6.91. The Morgan fingerprint density at radius 1 is 1.44 bits per heavy atom. The van der Waals surface area contributed by atoms with Crippen molar-refractivity contribution in [1.29, 1.82) is 0 Å². The lowest BCUT2D eigenvalue weighted by molar-refractivity contribution is -0.125. The summed E-state index contributed by atoms with van der Waals surface area (Å²) in [6, 6.07) is 0.0794. The van der Waals surface area contributed by atoms with E-state index in [-0.39, 0.29) is 17.9 Å². The maximum Gasteiger partial charge on any atom is 0.223 e. The second-order valence-electron chi connectivity index (χ2n) is 4.92. The Labute approximate surface area is 109 Å². The first-order valence-corrected chi connectivity index (χ1v) is 8.15. The van der Waals surface area contributed by atoms with Crippen LogP contribution in [0.1, 0.15) is 26.2 Å². The quantitative estimate of drug-likeness (QED) is 0.709. The molecule has 3 N–H and O–H groups in total. The Morgan fingerprint density at radius 2 is 2.00 bits per heavy atom.